The molecular weight excluding hydrogens is 440 g/mol. The van der Waals surface area contributed by atoms with Crippen LogP contribution >= 0.6 is 0 Å². The number of rotatable bonds is 5. The van der Waals surface area contributed by atoms with Crippen LogP contribution in [0.4, 0.5) is 17.1 Å². The molecule has 1 saturated heterocycles. The molecule has 1 fully saturated rings. The molecule has 3 heterocycles. The van der Waals surface area contributed by atoms with Crippen molar-refractivity contribution < 1.29 is 19.7 Å². The van der Waals surface area contributed by atoms with Gasteiger partial charge in [-0.15, -0.1) is 0 Å². The van der Waals surface area contributed by atoms with Crippen LogP contribution in [0.25, 0.3) is 5.57 Å². The Bertz CT molecular complexity index is 1230. The van der Waals surface area contributed by atoms with Crippen molar-refractivity contribution in [1.82, 2.24) is 9.80 Å². The van der Waals surface area contributed by atoms with Crippen LogP contribution in [0.5, 0.6) is 5.75 Å². The van der Waals surface area contributed by atoms with Crippen LogP contribution in [0.15, 0.2) is 47.3 Å². The molecule has 0 aromatic heterocycles. The average molecular weight is 464 g/mol. The van der Waals surface area contributed by atoms with E-state index in [2.05, 4.69) is 32.6 Å². The molecule has 3 aliphatic rings. The van der Waals surface area contributed by atoms with Crippen molar-refractivity contribution in [3.05, 3.63) is 63.3 Å². The molecule has 0 spiro atoms. The zero-order valence-corrected chi connectivity index (χ0v) is 18.6. The number of non-ortho nitro benzene ring substituents is 1. The second-order valence-corrected chi connectivity index (χ2v) is 8.46. The van der Waals surface area contributed by atoms with Crippen molar-refractivity contribution in [1.29, 1.82) is 0 Å². The number of nitro benzene ring substituents is 1. The molecule has 0 bridgehead atoms. The molecule has 2 aromatic rings. The van der Waals surface area contributed by atoms with Gasteiger partial charge < -0.3 is 25.5 Å². The number of anilines is 2. The maximum Gasteiger partial charge on any atom is 0.270 e. The van der Waals surface area contributed by atoms with Gasteiger partial charge in [-0.3, -0.25) is 19.8 Å². The summed E-state index contributed by atoms with van der Waals surface area (Å²) in [6.45, 7) is 4.99. The first-order valence-electron chi connectivity index (χ1n) is 11.0. The predicted molar refractivity (Wildman–Crippen MR) is 127 cm³/mol. The van der Waals surface area contributed by atoms with E-state index in [1.807, 2.05) is 0 Å². The SMILES string of the molecule is CN1CCN(CCO/N=C2/C(=C3/C(=O)Nc4ccc([N+](=O)[O-])cc43)Nc3ccc(O)cc32)CC1. The maximum atomic E-state index is 12.9. The summed E-state index contributed by atoms with van der Waals surface area (Å²) >= 11 is 0. The minimum absolute atomic E-state index is 0.0452. The summed E-state index contributed by atoms with van der Waals surface area (Å²) in [6.07, 6.45) is 0. The number of aromatic hydroxyl groups is 1. The lowest BCUT2D eigenvalue weighted by Crippen LogP contribution is -2.45. The number of nitrogens with one attached hydrogen (secondary N) is 2. The van der Waals surface area contributed by atoms with Gasteiger partial charge in [-0.2, -0.15) is 0 Å². The lowest BCUT2D eigenvalue weighted by molar-refractivity contribution is -0.384. The van der Waals surface area contributed by atoms with E-state index in [-0.39, 0.29) is 17.0 Å². The lowest BCUT2D eigenvalue weighted by atomic mass is 10.0. The molecule has 34 heavy (non-hydrogen) atoms. The van der Waals surface area contributed by atoms with Gasteiger partial charge in [0.25, 0.3) is 11.6 Å². The molecule has 0 unspecified atom stereocenters. The highest BCUT2D eigenvalue weighted by Gasteiger charge is 2.35. The van der Waals surface area contributed by atoms with E-state index in [4.69, 9.17) is 4.84 Å². The van der Waals surface area contributed by atoms with E-state index >= 15 is 0 Å². The van der Waals surface area contributed by atoms with Gasteiger partial charge in [-0.25, -0.2) is 0 Å². The summed E-state index contributed by atoms with van der Waals surface area (Å²) in [6, 6.07) is 8.97. The van der Waals surface area contributed by atoms with Gasteiger partial charge in [0.2, 0.25) is 0 Å². The summed E-state index contributed by atoms with van der Waals surface area (Å²) in [5, 5.41) is 31.6. The second-order valence-electron chi connectivity index (χ2n) is 8.46. The monoisotopic (exact) mass is 464 g/mol. The Morgan fingerprint density at radius 3 is 2.59 bits per heavy atom. The number of phenolic OH excluding ortho intramolecular Hbond substituents is 1. The number of allylic oxidation sites excluding steroid dienone is 1. The first-order valence-corrected chi connectivity index (χ1v) is 11.0. The Labute approximate surface area is 195 Å². The first-order chi connectivity index (χ1) is 16.4. The fourth-order valence-corrected chi connectivity index (χ4v) is 4.31. The molecule has 2 aromatic carbocycles. The van der Waals surface area contributed by atoms with Crippen molar-refractivity contribution in [2.75, 3.05) is 57.0 Å². The normalized spacial score (nSPS) is 21.2. The van der Waals surface area contributed by atoms with E-state index in [1.54, 1.807) is 12.1 Å². The second kappa shape index (κ2) is 8.76. The number of likely N-dealkylation sites (N-methyl/N-ethyl adjacent to an activating group) is 1. The highest BCUT2D eigenvalue weighted by molar-refractivity contribution is 6.39. The highest BCUT2D eigenvalue weighted by Crippen LogP contribution is 2.41. The number of oxime groups is 1. The smallest absolute Gasteiger partial charge is 0.270 e. The maximum absolute atomic E-state index is 12.9. The number of hydrogen-bond donors (Lipinski definition) is 3. The Kier molecular flexibility index (Phi) is 5.64. The fraction of sp³-hybridized carbons (Fsp3) is 0.304. The number of nitrogens with zero attached hydrogens (tertiary/aromatic N) is 4. The number of piperazine rings is 1. The molecule has 3 N–H and O–H groups in total. The van der Waals surface area contributed by atoms with E-state index in [1.165, 1.54) is 24.3 Å². The van der Waals surface area contributed by atoms with Crippen LogP contribution in [0.2, 0.25) is 0 Å². The van der Waals surface area contributed by atoms with Crippen LogP contribution < -0.4 is 10.6 Å². The third-order valence-corrected chi connectivity index (χ3v) is 6.21. The van der Waals surface area contributed by atoms with Crippen LogP contribution in [0, 0.1) is 10.1 Å². The van der Waals surface area contributed by atoms with Gasteiger partial charge in [-0.1, -0.05) is 5.16 Å². The third kappa shape index (κ3) is 4.06. The number of phenols is 1. The highest BCUT2D eigenvalue weighted by atomic mass is 16.6. The summed E-state index contributed by atoms with van der Waals surface area (Å²) in [4.78, 5) is 33.9. The van der Waals surface area contributed by atoms with Crippen molar-refractivity contribution >= 4 is 34.3 Å². The van der Waals surface area contributed by atoms with Gasteiger partial charge in [0.1, 0.15) is 18.1 Å². The van der Waals surface area contributed by atoms with E-state index in [0.717, 1.165) is 26.2 Å². The summed E-state index contributed by atoms with van der Waals surface area (Å²) < 4.78 is 0. The summed E-state index contributed by atoms with van der Waals surface area (Å²) in [7, 11) is 2.10. The first kappa shape index (κ1) is 21.9. The van der Waals surface area contributed by atoms with Gasteiger partial charge in [0, 0.05) is 67.4 Å². The molecule has 176 valence electrons. The lowest BCUT2D eigenvalue weighted by Gasteiger charge is -2.31. The van der Waals surface area contributed by atoms with E-state index in [9.17, 15) is 20.0 Å². The number of carbonyl (C=O) groups excluding carboxylic acids is 1. The number of nitro groups is 1. The number of amides is 1. The quantitative estimate of drug-likeness (QED) is 0.201. The molecule has 0 aliphatic carbocycles. The van der Waals surface area contributed by atoms with E-state index < -0.39 is 10.8 Å². The minimum atomic E-state index is -0.503. The number of carbonyl (C=O) groups is 1. The molecule has 1 amide bonds. The van der Waals surface area contributed by atoms with Crippen LogP contribution in [-0.4, -0.2) is 77.8 Å². The van der Waals surface area contributed by atoms with Crippen molar-refractivity contribution in [2.24, 2.45) is 5.16 Å². The third-order valence-electron chi connectivity index (χ3n) is 6.21. The molecule has 0 atom stereocenters. The van der Waals surface area contributed by atoms with Crippen molar-refractivity contribution in [3.8, 4) is 5.75 Å². The number of hydrogen-bond acceptors (Lipinski definition) is 9. The Morgan fingerprint density at radius 1 is 1.09 bits per heavy atom. The van der Waals surface area contributed by atoms with Crippen LogP contribution in [0.3, 0.4) is 0 Å². The molecule has 3 aliphatic heterocycles. The van der Waals surface area contributed by atoms with Crippen LogP contribution in [0.1, 0.15) is 11.1 Å². The van der Waals surface area contributed by atoms with Gasteiger partial charge in [0.05, 0.1) is 16.2 Å². The number of fused-ring (bicyclic) bond motifs is 2. The fourth-order valence-electron chi connectivity index (χ4n) is 4.31. The van der Waals surface area contributed by atoms with Crippen molar-refractivity contribution in [2.45, 2.75) is 0 Å². The molecule has 11 nitrogen and oxygen atoms in total. The summed E-state index contributed by atoms with van der Waals surface area (Å²) in [5.74, 6) is -0.357. The van der Waals surface area contributed by atoms with Gasteiger partial charge >= 0.3 is 0 Å². The Balaban J connectivity index is 1.47. The minimum Gasteiger partial charge on any atom is -0.508 e. The molecule has 11 heteroatoms. The standard InChI is InChI=1S/C23H24N6O5/c1-27-6-8-28(9-7-27)10-11-34-26-21-17-13-15(30)3-5-19(17)24-22(21)20-16-12-14(29(32)33)2-4-18(16)25-23(20)31/h2-5,12-13,24,30H,6-11H2,1H3,(H,25,31)/b22-20-,26-21+. The van der Waals surface area contributed by atoms with E-state index in [0.29, 0.717) is 47.1 Å². The molecule has 0 saturated carbocycles. The zero-order valence-electron chi connectivity index (χ0n) is 18.6. The number of benzene rings is 2. The van der Waals surface area contributed by atoms with Crippen molar-refractivity contribution in [3.63, 3.8) is 0 Å². The zero-order chi connectivity index (χ0) is 23.8. The van der Waals surface area contributed by atoms with Crippen LogP contribution in [-0.2, 0) is 9.63 Å². The predicted octanol–water partition coefficient (Wildman–Crippen LogP) is 2.06. The van der Waals surface area contributed by atoms with Gasteiger partial charge in [0.15, 0.2) is 0 Å². The Morgan fingerprint density at radius 2 is 1.82 bits per heavy atom. The molecule has 5 rings (SSSR count). The average Bonchev–Trinajstić information content (AvgIpc) is 3.33. The van der Waals surface area contributed by atoms with Gasteiger partial charge in [-0.05, 0) is 31.3 Å². The summed E-state index contributed by atoms with van der Waals surface area (Å²) in [5.41, 5.74) is 2.95. The Hall–Kier alpha value is -3.96. The molecule has 0 radical (unpaired) electrons. The molecular formula is C23H24N6O5. The topological polar surface area (TPSA) is 133 Å². The largest absolute Gasteiger partial charge is 0.508 e.